The molecule has 0 amide bonds. The van der Waals surface area contributed by atoms with Crippen molar-refractivity contribution in [2.75, 3.05) is 0 Å². The summed E-state index contributed by atoms with van der Waals surface area (Å²) in [7, 11) is -3.70. The van der Waals surface area contributed by atoms with Gasteiger partial charge in [0.25, 0.3) is 0 Å². The molecule has 0 atom stereocenters. The summed E-state index contributed by atoms with van der Waals surface area (Å²) in [5, 5.41) is 8.49. The van der Waals surface area contributed by atoms with Crippen molar-refractivity contribution < 1.29 is 8.42 Å². The Labute approximate surface area is 88.9 Å². The molecule has 0 fully saturated rings. The molecule has 0 unspecified atom stereocenters. The highest BCUT2D eigenvalue weighted by Crippen LogP contribution is 2.18. The summed E-state index contributed by atoms with van der Waals surface area (Å²) in [5.74, 6) is 0. The summed E-state index contributed by atoms with van der Waals surface area (Å²) in [6.07, 6.45) is 1.61. The molecule has 0 N–H and O–H groups in total. The van der Waals surface area contributed by atoms with Gasteiger partial charge in [-0.3, -0.25) is 0 Å². The predicted octanol–water partition coefficient (Wildman–Crippen LogP) is 2.14. The van der Waals surface area contributed by atoms with E-state index in [1.807, 2.05) is 0 Å². The van der Waals surface area contributed by atoms with Crippen molar-refractivity contribution in [1.82, 2.24) is 0 Å². The van der Waals surface area contributed by atoms with Gasteiger partial charge < -0.3 is 0 Å². The van der Waals surface area contributed by atoms with Crippen molar-refractivity contribution in [2.24, 2.45) is 0 Å². The normalized spacial score (nSPS) is 10.3. The van der Waals surface area contributed by atoms with Gasteiger partial charge in [-0.15, -0.1) is 0 Å². The van der Waals surface area contributed by atoms with Gasteiger partial charge in [-0.05, 0) is 17.7 Å². The van der Waals surface area contributed by atoms with E-state index >= 15 is 0 Å². The largest absolute Gasteiger partial charge is 0.218 e. The molecule has 0 radical (unpaired) electrons. The highest BCUT2D eigenvalue weighted by atomic mass is 32.2. The van der Waals surface area contributed by atoms with Crippen LogP contribution in [0.1, 0.15) is 5.56 Å². The second kappa shape index (κ2) is 4.11. The molecule has 76 valence electrons. The molecule has 3 nitrogen and oxygen atoms in total. The average Bonchev–Trinajstić information content (AvgIpc) is 2.28. The Kier molecular flexibility index (Phi) is 3.08. The molecule has 0 aromatic heterocycles. The lowest BCUT2D eigenvalue weighted by Gasteiger charge is -2.01. The number of nitriles is 1. The minimum Gasteiger partial charge on any atom is -0.218 e. The zero-order valence-electron chi connectivity index (χ0n) is 7.97. The standard InChI is InChI=1S/C11H9NO2S/c1-3-10-4-6-11(7-5-10)15(13,14)9(2)8-12/h3-7H,1-2H2. The molecular weight excluding hydrogens is 210 g/mol. The third-order valence-corrected chi connectivity index (χ3v) is 3.51. The molecule has 1 aromatic carbocycles. The highest BCUT2D eigenvalue weighted by Gasteiger charge is 2.17. The molecule has 15 heavy (non-hydrogen) atoms. The van der Waals surface area contributed by atoms with Crippen LogP contribution in [0.15, 0.2) is 47.2 Å². The number of nitrogens with zero attached hydrogens (tertiary/aromatic N) is 1. The monoisotopic (exact) mass is 219 g/mol. The zero-order chi connectivity index (χ0) is 11.5. The third-order valence-electron chi connectivity index (χ3n) is 1.88. The van der Waals surface area contributed by atoms with Crippen LogP contribution in [0.5, 0.6) is 0 Å². The number of rotatable bonds is 3. The molecular formula is C11H9NO2S. The Bertz CT molecular complexity index is 533. The molecule has 4 heteroatoms. The summed E-state index contributed by atoms with van der Waals surface area (Å²) < 4.78 is 23.2. The molecule has 1 rings (SSSR count). The van der Waals surface area contributed by atoms with Crippen LogP contribution in [0.2, 0.25) is 0 Å². The van der Waals surface area contributed by atoms with E-state index in [0.717, 1.165) is 5.56 Å². The topological polar surface area (TPSA) is 57.9 Å². The van der Waals surface area contributed by atoms with E-state index in [1.54, 1.807) is 18.2 Å². The summed E-state index contributed by atoms with van der Waals surface area (Å²) >= 11 is 0. The van der Waals surface area contributed by atoms with Gasteiger partial charge >= 0.3 is 0 Å². The minimum atomic E-state index is -3.70. The number of allylic oxidation sites excluding steroid dienone is 1. The quantitative estimate of drug-likeness (QED) is 0.732. The number of hydrogen-bond acceptors (Lipinski definition) is 3. The average molecular weight is 219 g/mol. The zero-order valence-corrected chi connectivity index (χ0v) is 8.79. The molecule has 0 heterocycles. The van der Waals surface area contributed by atoms with Gasteiger partial charge in [0.2, 0.25) is 9.84 Å². The first kappa shape index (κ1) is 11.2. The Hall–Kier alpha value is -1.86. The van der Waals surface area contributed by atoms with E-state index in [2.05, 4.69) is 13.2 Å². The first-order chi connectivity index (χ1) is 7.02. The van der Waals surface area contributed by atoms with Crippen LogP contribution in [0.3, 0.4) is 0 Å². The van der Waals surface area contributed by atoms with Gasteiger partial charge in [0.15, 0.2) is 0 Å². The molecule has 0 bridgehead atoms. The van der Waals surface area contributed by atoms with E-state index < -0.39 is 14.7 Å². The summed E-state index contributed by atoms with van der Waals surface area (Å²) in [6.45, 7) is 6.75. The van der Waals surface area contributed by atoms with Crippen molar-refractivity contribution in [3.05, 3.63) is 47.9 Å². The fraction of sp³-hybridized carbons (Fsp3) is 0. The maximum absolute atomic E-state index is 11.6. The van der Waals surface area contributed by atoms with Crippen molar-refractivity contribution in [1.29, 1.82) is 5.26 Å². The lowest BCUT2D eigenvalue weighted by Crippen LogP contribution is -2.01. The van der Waals surface area contributed by atoms with Gasteiger partial charge in [0.05, 0.1) is 4.90 Å². The van der Waals surface area contributed by atoms with Crippen LogP contribution in [-0.4, -0.2) is 8.42 Å². The minimum absolute atomic E-state index is 0.0691. The van der Waals surface area contributed by atoms with Gasteiger partial charge in [-0.25, -0.2) is 8.42 Å². The molecule has 1 aromatic rings. The van der Waals surface area contributed by atoms with E-state index in [4.69, 9.17) is 5.26 Å². The maximum Gasteiger partial charge on any atom is 0.216 e. The lowest BCUT2D eigenvalue weighted by molar-refractivity contribution is 0.603. The Morgan fingerprint density at radius 3 is 2.27 bits per heavy atom. The van der Waals surface area contributed by atoms with Crippen LogP contribution >= 0.6 is 0 Å². The predicted molar refractivity (Wildman–Crippen MR) is 58.5 cm³/mol. The summed E-state index contributed by atoms with van der Waals surface area (Å²) in [6, 6.07) is 7.61. The van der Waals surface area contributed by atoms with E-state index in [-0.39, 0.29) is 4.90 Å². The first-order valence-electron chi connectivity index (χ1n) is 4.09. The van der Waals surface area contributed by atoms with Crippen LogP contribution in [0.4, 0.5) is 0 Å². The van der Waals surface area contributed by atoms with E-state index in [9.17, 15) is 8.42 Å². The van der Waals surface area contributed by atoms with Gasteiger partial charge in [-0.1, -0.05) is 31.4 Å². The fourth-order valence-electron chi connectivity index (χ4n) is 0.985. The molecule has 0 aliphatic carbocycles. The molecule has 0 spiro atoms. The fourth-order valence-corrected chi connectivity index (χ4v) is 1.88. The lowest BCUT2D eigenvalue weighted by atomic mass is 10.2. The van der Waals surface area contributed by atoms with E-state index in [1.165, 1.54) is 18.2 Å². The Morgan fingerprint density at radius 2 is 1.87 bits per heavy atom. The van der Waals surface area contributed by atoms with Gasteiger partial charge in [0, 0.05) is 0 Å². The first-order valence-corrected chi connectivity index (χ1v) is 5.57. The van der Waals surface area contributed by atoms with Crippen molar-refractivity contribution in [3.63, 3.8) is 0 Å². The number of hydrogen-bond donors (Lipinski definition) is 0. The third kappa shape index (κ3) is 2.14. The van der Waals surface area contributed by atoms with E-state index in [0.29, 0.717) is 0 Å². The summed E-state index contributed by atoms with van der Waals surface area (Å²) in [5.41, 5.74) is 0.816. The van der Waals surface area contributed by atoms with Crippen LogP contribution < -0.4 is 0 Å². The van der Waals surface area contributed by atoms with Crippen LogP contribution in [0.25, 0.3) is 6.08 Å². The number of sulfone groups is 1. The van der Waals surface area contributed by atoms with Crippen LogP contribution in [0, 0.1) is 11.3 Å². The molecule has 0 aliphatic rings. The van der Waals surface area contributed by atoms with Gasteiger partial charge in [-0.2, -0.15) is 5.26 Å². The molecule has 0 saturated carbocycles. The highest BCUT2D eigenvalue weighted by molar-refractivity contribution is 7.95. The smallest absolute Gasteiger partial charge is 0.216 e. The van der Waals surface area contributed by atoms with Crippen LogP contribution in [-0.2, 0) is 9.84 Å². The van der Waals surface area contributed by atoms with Crippen molar-refractivity contribution in [3.8, 4) is 6.07 Å². The summed E-state index contributed by atoms with van der Waals surface area (Å²) in [4.78, 5) is -0.381. The SMILES string of the molecule is C=Cc1ccc(S(=O)(=O)C(=C)C#N)cc1. The van der Waals surface area contributed by atoms with Crippen molar-refractivity contribution >= 4 is 15.9 Å². The van der Waals surface area contributed by atoms with Crippen molar-refractivity contribution in [2.45, 2.75) is 4.90 Å². The second-order valence-corrected chi connectivity index (χ2v) is 4.78. The maximum atomic E-state index is 11.6. The Morgan fingerprint density at radius 1 is 1.33 bits per heavy atom. The Balaban J connectivity index is 3.25. The van der Waals surface area contributed by atoms with Gasteiger partial charge in [0.1, 0.15) is 11.0 Å². The second-order valence-electron chi connectivity index (χ2n) is 2.81. The molecule has 0 saturated heterocycles. The molecule has 0 aliphatic heterocycles. The number of benzene rings is 1.